The van der Waals surface area contributed by atoms with Crippen molar-refractivity contribution >= 4 is 17.8 Å². The summed E-state index contributed by atoms with van der Waals surface area (Å²) in [6, 6.07) is 0. The topological polar surface area (TPSA) is 86.7 Å². The number of carbonyl (C=O) groups excluding carboxylic acids is 3. The number of ketones is 1. The van der Waals surface area contributed by atoms with Gasteiger partial charge in [-0.1, -0.05) is 6.08 Å². The van der Waals surface area contributed by atoms with Gasteiger partial charge in [-0.25, -0.2) is 0 Å². The van der Waals surface area contributed by atoms with Crippen LogP contribution in [0, 0.1) is 5.41 Å². The summed E-state index contributed by atoms with van der Waals surface area (Å²) >= 11 is 0. The van der Waals surface area contributed by atoms with Gasteiger partial charge in [-0.05, 0) is 19.8 Å². The molecule has 0 aromatic rings. The average Bonchev–Trinajstić information content (AvgIpc) is 2.32. The molecule has 1 aliphatic heterocycles. The standard InChI is InChI=1S/C12H17NO5.Na/c1-3-5-12(10(15)18-4-2)6-7-13(11(16)17)8-9(12)14;/h3H,1,4-8H2,2H3,(H,16,17);/q;+1/p-1. The normalized spacial score (nSPS) is 22.4. The molecule has 0 radical (unpaired) electrons. The molecular formula is C12H16NNaO5. The number of piperidine rings is 1. The van der Waals surface area contributed by atoms with E-state index in [0.29, 0.717) is 0 Å². The Balaban J connectivity index is 0.00000324. The van der Waals surface area contributed by atoms with Crippen LogP contribution in [0.15, 0.2) is 12.7 Å². The maximum atomic E-state index is 12.1. The molecule has 0 N–H and O–H groups in total. The molecule has 7 heteroatoms. The number of allylic oxidation sites excluding steroid dienone is 1. The smallest absolute Gasteiger partial charge is 0.530 e. The Labute approximate surface area is 134 Å². The van der Waals surface area contributed by atoms with Crippen LogP contribution in [0.2, 0.25) is 0 Å². The van der Waals surface area contributed by atoms with E-state index in [1.165, 1.54) is 6.08 Å². The van der Waals surface area contributed by atoms with E-state index in [-0.39, 0.29) is 62.1 Å². The van der Waals surface area contributed by atoms with Crippen LogP contribution < -0.4 is 34.7 Å². The number of amides is 1. The molecule has 1 atom stereocenters. The Hall–Kier alpha value is -0.850. The number of esters is 1. The monoisotopic (exact) mass is 277 g/mol. The first-order valence-electron chi connectivity index (χ1n) is 5.75. The second kappa shape index (κ2) is 7.67. The first-order valence-corrected chi connectivity index (χ1v) is 5.75. The number of hydrogen-bond donors (Lipinski definition) is 0. The third kappa shape index (κ3) is 3.81. The van der Waals surface area contributed by atoms with Gasteiger partial charge in [-0.3, -0.25) is 9.59 Å². The van der Waals surface area contributed by atoms with Crippen LogP contribution in [0.4, 0.5) is 4.79 Å². The first-order chi connectivity index (χ1) is 8.47. The number of carbonyl (C=O) groups is 3. The molecule has 1 amide bonds. The number of ether oxygens (including phenoxy) is 1. The SMILES string of the molecule is C=CCC1(C(=O)OCC)CCN(C(=O)[O-])CC1=O.[Na+]. The quantitative estimate of drug-likeness (QED) is 0.233. The number of carboxylic acid groups (broad SMARTS) is 1. The van der Waals surface area contributed by atoms with Crippen LogP contribution >= 0.6 is 0 Å². The van der Waals surface area contributed by atoms with Crippen LogP contribution in [-0.4, -0.2) is 42.4 Å². The van der Waals surface area contributed by atoms with Crippen LogP contribution in [0.1, 0.15) is 19.8 Å². The minimum Gasteiger partial charge on any atom is -0.530 e. The van der Waals surface area contributed by atoms with Crippen molar-refractivity contribution < 1.29 is 53.8 Å². The van der Waals surface area contributed by atoms with Crippen LogP contribution in [-0.2, 0) is 14.3 Å². The number of nitrogens with zero attached hydrogens (tertiary/aromatic N) is 1. The van der Waals surface area contributed by atoms with Crippen molar-refractivity contribution in [2.45, 2.75) is 19.8 Å². The summed E-state index contributed by atoms with van der Waals surface area (Å²) in [5.41, 5.74) is -1.29. The fourth-order valence-corrected chi connectivity index (χ4v) is 2.06. The molecule has 0 bridgehead atoms. The van der Waals surface area contributed by atoms with Crippen molar-refractivity contribution in [2.24, 2.45) is 5.41 Å². The van der Waals surface area contributed by atoms with Gasteiger partial charge >= 0.3 is 35.5 Å². The summed E-state index contributed by atoms with van der Waals surface area (Å²) in [4.78, 5) is 35.6. The van der Waals surface area contributed by atoms with Crippen molar-refractivity contribution in [1.29, 1.82) is 0 Å². The zero-order chi connectivity index (χ0) is 13.8. The number of Topliss-reactive ketones (excluding diaryl/α,β-unsaturated/α-hetero) is 1. The number of hydrogen-bond acceptors (Lipinski definition) is 5. The van der Waals surface area contributed by atoms with E-state index >= 15 is 0 Å². The predicted molar refractivity (Wildman–Crippen MR) is 60.5 cm³/mol. The maximum absolute atomic E-state index is 12.1. The van der Waals surface area contributed by atoms with Crippen molar-refractivity contribution in [3.05, 3.63) is 12.7 Å². The second-order valence-electron chi connectivity index (χ2n) is 4.16. The molecule has 0 aromatic carbocycles. The van der Waals surface area contributed by atoms with Crippen LogP contribution in [0.3, 0.4) is 0 Å². The fourth-order valence-electron chi connectivity index (χ4n) is 2.06. The molecule has 0 spiro atoms. The van der Waals surface area contributed by atoms with Gasteiger partial charge in [0.25, 0.3) is 0 Å². The van der Waals surface area contributed by atoms with E-state index in [1.54, 1.807) is 6.92 Å². The van der Waals surface area contributed by atoms with E-state index in [0.717, 1.165) is 4.90 Å². The maximum Gasteiger partial charge on any atom is 1.00 e. The van der Waals surface area contributed by atoms with Crippen LogP contribution in [0.25, 0.3) is 0 Å². The molecule has 1 saturated heterocycles. The van der Waals surface area contributed by atoms with Gasteiger partial charge in [0, 0.05) is 6.54 Å². The van der Waals surface area contributed by atoms with Crippen molar-refractivity contribution in [3.63, 3.8) is 0 Å². The van der Waals surface area contributed by atoms with Gasteiger partial charge in [0.15, 0.2) is 5.78 Å². The third-order valence-electron chi connectivity index (χ3n) is 3.09. The van der Waals surface area contributed by atoms with Gasteiger partial charge in [0.2, 0.25) is 0 Å². The van der Waals surface area contributed by atoms with Crippen molar-refractivity contribution in [3.8, 4) is 0 Å². The van der Waals surface area contributed by atoms with Crippen molar-refractivity contribution in [1.82, 2.24) is 4.90 Å². The Morgan fingerprint density at radius 3 is 2.63 bits per heavy atom. The molecule has 6 nitrogen and oxygen atoms in total. The van der Waals surface area contributed by atoms with Gasteiger partial charge < -0.3 is 19.5 Å². The molecule has 0 aliphatic carbocycles. The molecule has 1 rings (SSSR count). The van der Waals surface area contributed by atoms with E-state index in [2.05, 4.69) is 6.58 Å². The zero-order valence-electron chi connectivity index (χ0n) is 11.3. The zero-order valence-corrected chi connectivity index (χ0v) is 13.3. The van der Waals surface area contributed by atoms with Gasteiger partial charge in [-0.15, -0.1) is 6.58 Å². The summed E-state index contributed by atoms with van der Waals surface area (Å²) in [6.45, 7) is 5.10. The van der Waals surface area contributed by atoms with Crippen molar-refractivity contribution in [2.75, 3.05) is 19.7 Å². The Morgan fingerprint density at radius 2 is 2.21 bits per heavy atom. The number of likely N-dealkylation sites (tertiary alicyclic amines) is 1. The van der Waals surface area contributed by atoms with E-state index in [9.17, 15) is 19.5 Å². The molecule has 1 fully saturated rings. The third-order valence-corrected chi connectivity index (χ3v) is 3.09. The molecule has 0 saturated carbocycles. The Kier molecular flexibility index (Phi) is 7.33. The van der Waals surface area contributed by atoms with Gasteiger partial charge in [0.05, 0.1) is 13.2 Å². The summed E-state index contributed by atoms with van der Waals surface area (Å²) in [7, 11) is 0. The van der Waals surface area contributed by atoms with E-state index < -0.39 is 23.3 Å². The number of rotatable bonds is 4. The van der Waals surface area contributed by atoms with Gasteiger partial charge in [0.1, 0.15) is 11.5 Å². The summed E-state index contributed by atoms with van der Waals surface area (Å²) in [6.07, 6.45) is 0.333. The molecular weight excluding hydrogens is 261 g/mol. The Bertz CT molecular complexity index is 384. The Morgan fingerprint density at radius 1 is 1.58 bits per heavy atom. The van der Waals surface area contributed by atoms with Crippen LogP contribution in [0.5, 0.6) is 0 Å². The minimum atomic E-state index is -1.40. The molecule has 1 aliphatic rings. The molecule has 100 valence electrons. The van der Waals surface area contributed by atoms with E-state index in [1.807, 2.05) is 0 Å². The molecule has 0 aromatic heterocycles. The molecule has 1 heterocycles. The summed E-state index contributed by atoms with van der Waals surface area (Å²) in [5, 5.41) is 10.7. The predicted octanol–water partition coefficient (Wildman–Crippen LogP) is -3.27. The van der Waals surface area contributed by atoms with Gasteiger partial charge in [-0.2, -0.15) is 0 Å². The molecule has 1 unspecified atom stereocenters. The average molecular weight is 277 g/mol. The van der Waals surface area contributed by atoms with E-state index in [4.69, 9.17) is 4.74 Å². The second-order valence-corrected chi connectivity index (χ2v) is 4.16. The largest absolute Gasteiger partial charge is 1.00 e. The first kappa shape index (κ1) is 18.1. The summed E-state index contributed by atoms with van der Waals surface area (Å²) < 4.78 is 4.91. The summed E-state index contributed by atoms with van der Waals surface area (Å²) in [5.74, 6) is -1.07. The molecule has 19 heavy (non-hydrogen) atoms. The minimum absolute atomic E-state index is 0. The fraction of sp³-hybridized carbons (Fsp3) is 0.583.